The van der Waals surface area contributed by atoms with Crippen molar-refractivity contribution in [1.82, 2.24) is 0 Å². The van der Waals surface area contributed by atoms with Gasteiger partial charge in [0.2, 0.25) is 0 Å². The molecule has 0 heterocycles. The Hall–Kier alpha value is -1.94. The van der Waals surface area contributed by atoms with Crippen LogP contribution in [0.15, 0.2) is 42.5 Å². The molecule has 1 unspecified atom stereocenters. The third-order valence-corrected chi connectivity index (χ3v) is 3.02. The quantitative estimate of drug-likeness (QED) is 0.886. The number of hydrogen-bond donors (Lipinski definition) is 2. The summed E-state index contributed by atoms with van der Waals surface area (Å²) in [6.45, 7) is 2.03. The molecule has 3 N–H and O–H groups in total. The van der Waals surface area contributed by atoms with E-state index >= 15 is 0 Å². The van der Waals surface area contributed by atoms with Crippen LogP contribution in [0, 0.1) is 18.6 Å². The molecule has 19 heavy (non-hydrogen) atoms. The number of halogens is 2. The molecule has 0 fully saturated rings. The van der Waals surface area contributed by atoms with Crippen molar-refractivity contribution < 1.29 is 8.78 Å². The zero-order valence-corrected chi connectivity index (χ0v) is 10.7. The predicted molar refractivity (Wildman–Crippen MR) is 73.0 cm³/mol. The summed E-state index contributed by atoms with van der Waals surface area (Å²) < 4.78 is 26.4. The third kappa shape index (κ3) is 3.29. The van der Waals surface area contributed by atoms with Crippen molar-refractivity contribution in [2.75, 3.05) is 11.9 Å². The van der Waals surface area contributed by atoms with E-state index < -0.39 is 0 Å². The van der Waals surface area contributed by atoms with Crippen molar-refractivity contribution >= 4 is 5.69 Å². The molecule has 0 aliphatic rings. The summed E-state index contributed by atoms with van der Waals surface area (Å²) in [6.07, 6.45) is 0. The van der Waals surface area contributed by atoms with Gasteiger partial charge < -0.3 is 11.1 Å². The molecule has 2 nitrogen and oxygen atoms in total. The number of nitrogens with two attached hydrogens (primary N) is 1. The molecule has 0 radical (unpaired) electrons. The van der Waals surface area contributed by atoms with Crippen molar-refractivity contribution in [3.05, 3.63) is 65.2 Å². The molecule has 1 atom stereocenters. The lowest BCUT2D eigenvalue weighted by Crippen LogP contribution is -2.20. The highest BCUT2D eigenvalue weighted by atomic mass is 19.1. The number of anilines is 1. The average Bonchev–Trinajstić information content (AvgIpc) is 2.41. The Morgan fingerprint density at radius 3 is 2.37 bits per heavy atom. The van der Waals surface area contributed by atoms with Crippen LogP contribution in [0.3, 0.4) is 0 Å². The average molecular weight is 262 g/mol. The molecule has 0 saturated heterocycles. The Labute approximate surface area is 111 Å². The zero-order chi connectivity index (χ0) is 13.8. The van der Waals surface area contributed by atoms with E-state index in [4.69, 9.17) is 5.73 Å². The summed E-state index contributed by atoms with van der Waals surface area (Å²) in [5.74, 6) is -0.548. The van der Waals surface area contributed by atoms with Crippen molar-refractivity contribution in [3.63, 3.8) is 0 Å². The fraction of sp³-hybridized carbons (Fsp3) is 0.200. The first kappa shape index (κ1) is 13.5. The number of hydrogen-bond acceptors (Lipinski definition) is 2. The van der Waals surface area contributed by atoms with Crippen LogP contribution in [0.25, 0.3) is 0 Å². The van der Waals surface area contributed by atoms with Gasteiger partial charge in [-0.25, -0.2) is 8.78 Å². The molecule has 0 saturated carbocycles. The van der Waals surface area contributed by atoms with E-state index in [0.717, 1.165) is 11.3 Å². The van der Waals surface area contributed by atoms with E-state index in [2.05, 4.69) is 5.32 Å². The van der Waals surface area contributed by atoms with Crippen LogP contribution in [0.2, 0.25) is 0 Å². The van der Waals surface area contributed by atoms with Crippen LogP contribution < -0.4 is 11.1 Å². The van der Waals surface area contributed by atoms with E-state index in [9.17, 15) is 8.78 Å². The van der Waals surface area contributed by atoms with Gasteiger partial charge in [-0.15, -0.1) is 0 Å². The molecule has 0 amide bonds. The van der Waals surface area contributed by atoms with E-state index in [0.29, 0.717) is 12.1 Å². The molecule has 0 aliphatic carbocycles. The Balaban J connectivity index is 2.19. The van der Waals surface area contributed by atoms with Crippen LogP contribution in [-0.2, 0) is 0 Å². The Morgan fingerprint density at radius 1 is 1.11 bits per heavy atom. The molecule has 4 heteroatoms. The van der Waals surface area contributed by atoms with Crippen molar-refractivity contribution in [3.8, 4) is 0 Å². The van der Waals surface area contributed by atoms with Gasteiger partial charge in [0, 0.05) is 12.2 Å². The van der Waals surface area contributed by atoms with Crippen LogP contribution in [0.4, 0.5) is 14.5 Å². The molecule has 0 bridgehead atoms. The fourth-order valence-corrected chi connectivity index (χ4v) is 1.85. The van der Waals surface area contributed by atoms with Crippen molar-refractivity contribution in [2.24, 2.45) is 5.73 Å². The summed E-state index contributed by atoms with van der Waals surface area (Å²) in [4.78, 5) is 0. The van der Waals surface area contributed by atoms with Gasteiger partial charge >= 0.3 is 0 Å². The smallest absolute Gasteiger partial charge is 0.126 e. The van der Waals surface area contributed by atoms with Gasteiger partial charge in [-0.2, -0.15) is 0 Å². The molecule has 0 aromatic heterocycles. The first-order valence-electron chi connectivity index (χ1n) is 6.08. The fourth-order valence-electron chi connectivity index (χ4n) is 1.85. The van der Waals surface area contributed by atoms with E-state index in [1.54, 1.807) is 25.1 Å². The lowest BCUT2D eigenvalue weighted by Gasteiger charge is -2.19. The summed E-state index contributed by atoms with van der Waals surface area (Å²) >= 11 is 0. The standard InChI is InChI=1S/C15H16F2N2/c1-10-2-3-11(8-14(10)17)15(9-18)19-13-6-4-12(16)5-7-13/h2-8,15,19H,9,18H2,1H3. The number of nitrogens with one attached hydrogen (secondary N) is 1. The second-order valence-corrected chi connectivity index (χ2v) is 4.45. The highest BCUT2D eigenvalue weighted by Crippen LogP contribution is 2.21. The maximum absolute atomic E-state index is 13.5. The molecule has 0 aliphatic heterocycles. The minimum atomic E-state index is -0.295. The van der Waals surface area contributed by atoms with Crippen LogP contribution >= 0.6 is 0 Å². The molecular weight excluding hydrogens is 246 g/mol. The SMILES string of the molecule is Cc1ccc(C(CN)Nc2ccc(F)cc2)cc1F. The molecule has 2 aromatic carbocycles. The molecular formula is C15H16F2N2. The van der Waals surface area contributed by atoms with Gasteiger partial charge in [-0.3, -0.25) is 0 Å². The zero-order valence-electron chi connectivity index (χ0n) is 10.7. The molecule has 2 aromatic rings. The van der Waals surface area contributed by atoms with Crippen LogP contribution in [0.5, 0.6) is 0 Å². The van der Waals surface area contributed by atoms with Crippen LogP contribution in [0.1, 0.15) is 17.2 Å². The van der Waals surface area contributed by atoms with Gasteiger partial charge in [-0.05, 0) is 48.4 Å². The summed E-state index contributed by atoms with van der Waals surface area (Å²) in [7, 11) is 0. The number of rotatable bonds is 4. The highest BCUT2D eigenvalue weighted by Gasteiger charge is 2.11. The third-order valence-electron chi connectivity index (χ3n) is 3.02. The Morgan fingerprint density at radius 2 is 1.79 bits per heavy atom. The monoisotopic (exact) mass is 262 g/mol. The first-order valence-corrected chi connectivity index (χ1v) is 6.08. The lowest BCUT2D eigenvalue weighted by molar-refractivity contribution is 0.613. The first-order chi connectivity index (χ1) is 9.10. The van der Waals surface area contributed by atoms with Crippen molar-refractivity contribution in [2.45, 2.75) is 13.0 Å². The topological polar surface area (TPSA) is 38.0 Å². The minimum absolute atomic E-state index is 0.208. The van der Waals surface area contributed by atoms with Crippen molar-refractivity contribution in [1.29, 1.82) is 0 Å². The van der Waals surface area contributed by atoms with Gasteiger partial charge in [0.05, 0.1) is 6.04 Å². The molecule has 0 spiro atoms. The normalized spacial score (nSPS) is 12.2. The highest BCUT2D eigenvalue weighted by molar-refractivity contribution is 5.45. The Kier molecular flexibility index (Phi) is 4.12. The van der Waals surface area contributed by atoms with E-state index in [1.807, 2.05) is 6.07 Å². The van der Waals surface area contributed by atoms with Crippen LogP contribution in [-0.4, -0.2) is 6.54 Å². The lowest BCUT2D eigenvalue weighted by atomic mass is 10.0. The summed E-state index contributed by atoms with van der Waals surface area (Å²) in [6, 6.07) is 10.8. The van der Waals surface area contributed by atoms with Gasteiger partial charge in [0.1, 0.15) is 11.6 Å². The second kappa shape index (κ2) is 5.80. The van der Waals surface area contributed by atoms with Gasteiger partial charge in [-0.1, -0.05) is 12.1 Å². The van der Waals surface area contributed by atoms with E-state index in [1.165, 1.54) is 18.2 Å². The Bertz CT molecular complexity index is 553. The number of aryl methyl sites for hydroxylation is 1. The molecule has 100 valence electrons. The van der Waals surface area contributed by atoms with Gasteiger partial charge in [0.15, 0.2) is 0 Å². The van der Waals surface area contributed by atoms with Gasteiger partial charge in [0.25, 0.3) is 0 Å². The summed E-state index contributed by atoms with van der Waals surface area (Å²) in [5.41, 5.74) is 7.83. The maximum atomic E-state index is 13.5. The predicted octanol–water partition coefficient (Wildman–Crippen LogP) is 3.39. The van der Waals surface area contributed by atoms with E-state index in [-0.39, 0.29) is 17.7 Å². The largest absolute Gasteiger partial charge is 0.377 e. The maximum Gasteiger partial charge on any atom is 0.126 e. The second-order valence-electron chi connectivity index (χ2n) is 4.45. The molecule has 2 rings (SSSR count). The summed E-state index contributed by atoms with van der Waals surface area (Å²) in [5, 5.41) is 3.16. The minimum Gasteiger partial charge on any atom is -0.377 e. The number of benzene rings is 2.